The number of nitrogens with zero attached hydrogens (tertiary/aromatic N) is 1. The summed E-state index contributed by atoms with van der Waals surface area (Å²) < 4.78 is 26.2. The summed E-state index contributed by atoms with van der Waals surface area (Å²) in [6, 6.07) is 3.95. The molecule has 88 valence electrons. The van der Waals surface area contributed by atoms with Crippen LogP contribution in [0.25, 0.3) is 0 Å². The molecule has 0 bridgehead atoms. The topological polar surface area (TPSA) is 15.3 Å². The van der Waals surface area contributed by atoms with Crippen LogP contribution in [0.4, 0.5) is 8.78 Å². The van der Waals surface area contributed by atoms with Crippen molar-refractivity contribution < 1.29 is 8.78 Å². The SMILES string of the molecule is CN1CCC(NCc2cc(F)ccc2F)C1. The van der Waals surface area contributed by atoms with Gasteiger partial charge in [0.25, 0.3) is 0 Å². The van der Waals surface area contributed by atoms with E-state index >= 15 is 0 Å². The van der Waals surface area contributed by atoms with Crippen LogP contribution in [-0.2, 0) is 6.54 Å². The molecule has 1 saturated heterocycles. The minimum Gasteiger partial charge on any atom is -0.308 e. The molecular weight excluding hydrogens is 210 g/mol. The minimum atomic E-state index is -0.387. The third kappa shape index (κ3) is 2.77. The lowest BCUT2D eigenvalue weighted by atomic mass is 10.2. The van der Waals surface area contributed by atoms with Crippen LogP contribution in [0.15, 0.2) is 18.2 Å². The van der Waals surface area contributed by atoms with Gasteiger partial charge in [-0.05, 0) is 38.2 Å². The number of rotatable bonds is 3. The van der Waals surface area contributed by atoms with Gasteiger partial charge in [0.1, 0.15) is 11.6 Å². The summed E-state index contributed by atoms with van der Waals surface area (Å²) in [4.78, 5) is 2.22. The van der Waals surface area contributed by atoms with Crippen molar-refractivity contribution >= 4 is 0 Å². The predicted octanol–water partition coefficient (Wildman–Crippen LogP) is 1.76. The van der Waals surface area contributed by atoms with Crippen LogP contribution < -0.4 is 5.32 Å². The third-order valence-electron chi connectivity index (χ3n) is 2.98. The lowest BCUT2D eigenvalue weighted by Crippen LogP contribution is -2.31. The molecule has 4 heteroatoms. The Morgan fingerprint density at radius 2 is 2.25 bits per heavy atom. The van der Waals surface area contributed by atoms with E-state index < -0.39 is 0 Å². The Labute approximate surface area is 94.3 Å². The van der Waals surface area contributed by atoms with Gasteiger partial charge in [0.05, 0.1) is 0 Å². The van der Waals surface area contributed by atoms with Gasteiger partial charge in [-0.25, -0.2) is 8.78 Å². The normalized spacial score (nSPS) is 21.6. The third-order valence-corrected chi connectivity index (χ3v) is 2.98. The lowest BCUT2D eigenvalue weighted by molar-refractivity contribution is 0.396. The average molecular weight is 226 g/mol. The molecular formula is C12H16F2N2. The molecule has 0 aromatic heterocycles. The van der Waals surface area contributed by atoms with Crippen molar-refractivity contribution in [2.45, 2.75) is 19.0 Å². The zero-order chi connectivity index (χ0) is 11.5. The molecule has 1 aromatic rings. The summed E-state index contributed by atoms with van der Waals surface area (Å²) in [6.07, 6.45) is 1.06. The molecule has 0 saturated carbocycles. The maximum absolute atomic E-state index is 13.3. The summed E-state index contributed by atoms with van der Waals surface area (Å²) >= 11 is 0. The molecule has 1 N–H and O–H groups in total. The number of nitrogens with one attached hydrogen (secondary N) is 1. The highest BCUT2D eigenvalue weighted by Crippen LogP contribution is 2.11. The first-order chi connectivity index (χ1) is 7.65. The first-order valence-corrected chi connectivity index (χ1v) is 5.51. The van der Waals surface area contributed by atoms with Crippen LogP contribution in [0, 0.1) is 11.6 Å². The maximum Gasteiger partial charge on any atom is 0.127 e. The second-order valence-electron chi connectivity index (χ2n) is 4.36. The number of likely N-dealkylation sites (N-methyl/N-ethyl adjacent to an activating group) is 1. The highest BCUT2D eigenvalue weighted by Gasteiger charge is 2.18. The summed E-state index contributed by atoms with van der Waals surface area (Å²) in [7, 11) is 2.06. The molecule has 0 amide bonds. The van der Waals surface area contributed by atoms with Crippen LogP contribution >= 0.6 is 0 Å². The van der Waals surface area contributed by atoms with Crippen molar-refractivity contribution in [3.63, 3.8) is 0 Å². The van der Waals surface area contributed by atoms with Gasteiger partial charge in [0, 0.05) is 24.7 Å². The lowest BCUT2D eigenvalue weighted by Gasteiger charge is -2.13. The van der Waals surface area contributed by atoms with Crippen molar-refractivity contribution in [3.05, 3.63) is 35.4 Å². The van der Waals surface area contributed by atoms with Crippen LogP contribution in [0.1, 0.15) is 12.0 Å². The molecule has 0 spiro atoms. The number of hydrogen-bond acceptors (Lipinski definition) is 2. The highest BCUT2D eigenvalue weighted by molar-refractivity contribution is 5.18. The second kappa shape index (κ2) is 4.89. The van der Waals surface area contributed by atoms with Crippen LogP contribution in [0.5, 0.6) is 0 Å². The van der Waals surface area contributed by atoms with E-state index in [9.17, 15) is 8.78 Å². The Morgan fingerprint density at radius 1 is 1.44 bits per heavy atom. The van der Waals surface area contributed by atoms with Crippen LogP contribution in [-0.4, -0.2) is 31.1 Å². The molecule has 1 heterocycles. The standard InChI is InChI=1S/C12H16F2N2/c1-16-5-4-11(8-16)15-7-9-6-10(13)2-3-12(9)14/h2-3,6,11,15H,4-5,7-8H2,1H3. The quantitative estimate of drug-likeness (QED) is 0.844. The van der Waals surface area contributed by atoms with E-state index in [1.54, 1.807) is 0 Å². The van der Waals surface area contributed by atoms with E-state index in [-0.39, 0.29) is 11.6 Å². The Balaban J connectivity index is 1.91. The molecule has 1 fully saturated rings. The average Bonchev–Trinajstić information content (AvgIpc) is 2.66. The maximum atomic E-state index is 13.3. The fourth-order valence-electron chi connectivity index (χ4n) is 2.03. The van der Waals surface area contributed by atoms with E-state index in [1.165, 1.54) is 12.1 Å². The smallest absolute Gasteiger partial charge is 0.127 e. The molecule has 2 rings (SSSR count). The fraction of sp³-hybridized carbons (Fsp3) is 0.500. The van der Waals surface area contributed by atoms with Gasteiger partial charge in [-0.1, -0.05) is 0 Å². The zero-order valence-electron chi connectivity index (χ0n) is 9.34. The Hall–Kier alpha value is -1.00. The summed E-state index contributed by atoms with van der Waals surface area (Å²) in [5.41, 5.74) is 0.398. The first-order valence-electron chi connectivity index (χ1n) is 5.51. The van der Waals surface area contributed by atoms with Crippen LogP contribution in [0.3, 0.4) is 0 Å². The molecule has 2 nitrogen and oxygen atoms in total. The summed E-state index contributed by atoms with van der Waals surface area (Å²) in [5, 5.41) is 3.25. The largest absolute Gasteiger partial charge is 0.308 e. The minimum absolute atomic E-state index is 0.347. The monoisotopic (exact) mass is 226 g/mol. The van der Waals surface area contributed by atoms with E-state index in [0.717, 1.165) is 25.6 Å². The van der Waals surface area contributed by atoms with E-state index in [0.29, 0.717) is 18.2 Å². The summed E-state index contributed by atoms with van der Waals surface area (Å²) in [5.74, 6) is -0.734. The van der Waals surface area contributed by atoms with Crippen molar-refractivity contribution in [1.82, 2.24) is 10.2 Å². The molecule has 1 atom stereocenters. The van der Waals surface area contributed by atoms with Crippen molar-refractivity contribution in [2.24, 2.45) is 0 Å². The predicted molar refractivity (Wildman–Crippen MR) is 59.1 cm³/mol. The second-order valence-corrected chi connectivity index (χ2v) is 4.36. The summed E-state index contributed by atoms with van der Waals surface area (Å²) in [6.45, 7) is 2.42. The van der Waals surface area contributed by atoms with Gasteiger partial charge in [0.15, 0.2) is 0 Å². The van der Waals surface area contributed by atoms with Crippen molar-refractivity contribution in [2.75, 3.05) is 20.1 Å². The number of halogens is 2. The van der Waals surface area contributed by atoms with Gasteiger partial charge in [-0.3, -0.25) is 0 Å². The van der Waals surface area contributed by atoms with Gasteiger partial charge in [0.2, 0.25) is 0 Å². The van der Waals surface area contributed by atoms with Gasteiger partial charge in [-0.2, -0.15) is 0 Å². The molecule has 0 radical (unpaired) electrons. The fourth-order valence-corrected chi connectivity index (χ4v) is 2.03. The van der Waals surface area contributed by atoms with E-state index in [2.05, 4.69) is 17.3 Å². The van der Waals surface area contributed by atoms with E-state index in [4.69, 9.17) is 0 Å². The van der Waals surface area contributed by atoms with Crippen molar-refractivity contribution in [3.8, 4) is 0 Å². The molecule has 1 unspecified atom stereocenters. The van der Waals surface area contributed by atoms with E-state index in [1.807, 2.05) is 0 Å². The Kier molecular flexibility index (Phi) is 3.51. The Morgan fingerprint density at radius 3 is 2.94 bits per heavy atom. The molecule has 1 aromatic carbocycles. The number of likely N-dealkylation sites (tertiary alicyclic amines) is 1. The molecule has 1 aliphatic heterocycles. The molecule has 1 aliphatic rings. The van der Waals surface area contributed by atoms with Gasteiger partial charge >= 0.3 is 0 Å². The Bertz CT molecular complexity index is 368. The first kappa shape index (κ1) is 11.5. The van der Waals surface area contributed by atoms with Gasteiger partial charge in [-0.15, -0.1) is 0 Å². The van der Waals surface area contributed by atoms with Crippen LogP contribution in [0.2, 0.25) is 0 Å². The zero-order valence-corrected chi connectivity index (χ0v) is 9.34. The van der Waals surface area contributed by atoms with Crippen molar-refractivity contribution in [1.29, 1.82) is 0 Å². The molecule has 0 aliphatic carbocycles. The van der Waals surface area contributed by atoms with Gasteiger partial charge < -0.3 is 10.2 Å². The molecule has 16 heavy (non-hydrogen) atoms. The number of benzene rings is 1. The number of hydrogen-bond donors (Lipinski definition) is 1. The highest BCUT2D eigenvalue weighted by atomic mass is 19.1.